The highest BCUT2D eigenvalue weighted by atomic mass is 32.2. The van der Waals surface area contributed by atoms with Gasteiger partial charge in [-0.3, -0.25) is 4.79 Å². The van der Waals surface area contributed by atoms with E-state index < -0.39 is 49.2 Å². The number of hydrogen-bond donors (Lipinski definition) is 1. The maximum absolute atomic E-state index is 14.5. The number of halogens is 3. The Bertz CT molecular complexity index is 1590. The van der Waals surface area contributed by atoms with Gasteiger partial charge in [0.1, 0.15) is 17.4 Å². The molecule has 4 heterocycles. The molecule has 0 unspecified atom stereocenters. The van der Waals surface area contributed by atoms with Crippen molar-refractivity contribution >= 4 is 27.2 Å². The Morgan fingerprint density at radius 2 is 1.82 bits per heavy atom. The van der Waals surface area contributed by atoms with Crippen LogP contribution in [0.3, 0.4) is 0 Å². The van der Waals surface area contributed by atoms with Crippen LogP contribution < -0.4 is 15.1 Å². The molecule has 1 amide bonds. The minimum Gasteiger partial charge on any atom is -0.381 e. The summed E-state index contributed by atoms with van der Waals surface area (Å²) < 4.78 is 79.1. The molecule has 11 nitrogen and oxygen atoms in total. The van der Waals surface area contributed by atoms with Crippen molar-refractivity contribution in [3.8, 4) is 6.07 Å². The summed E-state index contributed by atoms with van der Waals surface area (Å²) in [5, 5.41) is 15.7. The van der Waals surface area contributed by atoms with E-state index in [2.05, 4.69) is 21.4 Å². The molecule has 1 N–H and O–H groups in total. The molecule has 3 aliphatic heterocycles. The van der Waals surface area contributed by atoms with Gasteiger partial charge in [0.25, 0.3) is 0 Å². The number of amides is 1. The number of aryl methyl sites for hydroxylation is 1. The van der Waals surface area contributed by atoms with Gasteiger partial charge in [-0.1, -0.05) is 0 Å². The third-order valence-electron chi connectivity index (χ3n) is 9.44. The van der Waals surface area contributed by atoms with E-state index in [1.165, 1.54) is 6.07 Å². The van der Waals surface area contributed by atoms with Crippen LogP contribution in [-0.4, -0.2) is 98.8 Å². The van der Waals surface area contributed by atoms with Gasteiger partial charge in [-0.2, -0.15) is 23.5 Å². The summed E-state index contributed by atoms with van der Waals surface area (Å²) in [4.78, 5) is 18.4. The van der Waals surface area contributed by atoms with Crippen molar-refractivity contribution in [1.82, 2.24) is 20.0 Å². The Kier molecular flexibility index (Phi) is 8.28. The van der Waals surface area contributed by atoms with Crippen molar-refractivity contribution in [3.05, 3.63) is 35.5 Å². The van der Waals surface area contributed by atoms with E-state index in [1.54, 1.807) is 22.6 Å². The first-order valence-corrected chi connectivity index (χ1v) is 16.9. The van der Waals surface area contributed by atoms with E-state index in [9.17, 15) is 31.6 Å². The van der Waals surface area contributed by atoms with Gasteiger partial charge >= 0.3 is 6.18 Å². The number of carbonyl (C=O) groups excluding carboxylic acids is 1. The molecule has 2 aromatic rings. The van der Waals surface area contributed by atoms with Crippen LogP contribution in [0.5, 0.6) is 0 Å². The molecule has 1 aromatic carbocycles. The van der Waals surface area contributed by atoms with Crippen LogP contribution in [-0.2, 0) is 25.5 Å². The zero-order valence-corrected chi connectivity index (χ0v) is 26.2. The fourth-order valence-corrected chi connectivity index (χ4v) is 8.47. The van der Waals surface area contributed by atoms with Crippen LogP contribution in [0.15, 0.2) is 29.2 Å². The van der Waals surface area contributed by atoms with E-state index in [1.807, 2.05) is 11.9 Å². The maximum atomic E-state index is 14.5. The lowest BCUT2D eigenvalue weighted by Gasteiger charge is -2.34. The molecule has 4 aliphatic rings. The lowest BCUT2D eigenvalue weighted by molar-refractivity contribution is -0.139. The molecule has 15 heteroatoms. The minimum absolute atomic E-state index is 0.0466. The number of piperazine rings is 1. The molecule has 2 atom stereocenters. The highest BCUT2D eigenvalue weighted by molar-refractivity contribution is 7.92. The van der Waals surface area contributed by atoms with Crippen LogP contribution in [0.4, 0.5) is 24.7 Å². The van der Waals surface area contributed by atoms with Crippen molar-refractivity contribution in [2.45, 2.75) is 73.0 Å². The third kappa shape index (κ3) is 6.24. The number of likely N-dealkylation sites (N-methyl/N-ethyl adjacent to an activating group) is 1. The van der Waals surface area contributed by atoms with Gasteiger partial charge in [-0.15, -0.1) is 0 Å². The monoisotopic (exact) mass is 649 g/mol. The summed E-state index contributed by atoms with van der Waals surface area (Å²) in [5.41, 5.74) is -1.22. The summed E-state index contributed by atoms with van der Waals surface area (Å²) in [6, 6.07) is 6.26. The van der Waals surface area contributed by atoms with E-state index >= 15 is 0 Å². The molecule has 1 aromatic heterocycles. The molecule has 6 rings (SSSR count). The first-order valence-electron chi connectivity index (χ1n) is 15.3. The van der Waals surface area contributed by atoms with Crippen LogP contribution in [0.2, 0.25) is 0 Å². The van der Waals surface area contributed by atoms with Crippen molar-refractivity contribution in [3.63, 3.8) is 0 Å². The molecule has 1 saturated carbocycles. The standard InChI is InChI=1S/C30H38F3N7O4S/c1-20-15-27(40(36-20)21-5-13-44-14-6-21)39-18-23(17-25(39)28(41)35-29(19-34)7-8-29)45(42,43)26-4-3-22(16-24(26)30(31,32)33)38-11-9-37(2)10-12-38/h3-4,15-16,21,23,25H,5-14,17-18H2,1-2H3,(H,35,41)/t23-,25+/m1/s1. The molecule has 4 fully saturated rings. The number of nitriles is 1. The molecule has 3 saturated heterocycles. The van der Waals surface area contributed by atoms with Crippen molar-refractivity contribution < 1.29 is 31.1 Å². The quantitative estimate of drug-likeness (QED) is 0.482. The summed E-state index contributed by atoms with van der Waals surface area (Å²) in [7, 11) is -2.62. The maximum Gasteiger partial charge on any atom is 0.417 e. The lowest BCUT2D eigenvalue weighted by atomic mass is 10.1. The van der Waals surface area contributed by atoms with Crippen LogP contribution >= 0.6 is 0 Å². The van der Waals surface area contributed by atoms with Gasteiger partial charge in [0, 0.05) is 57.7 Å². The van der Waals surface area contributed by atoms with Crippen molar-refractivity contribution in [2.24, 2.45) is 0 Å². The fraction of sp³-hybridized carbons (Fsp3) is 0.633. The summed E-state index contributed by atoms with van der Waals surface area (Å²) in [6.45, 7) is 5.06. The number of rotatable bonds is 7. The third-order valence-corrected chi connectivity index (χ3v) is 11.6. The first-order chi connectivity index (χ1) is 21.3. The molecule has 1 aliphatic carbocycles. The topological polar surface area (TPSA) is 124 Å². The van der Waals surface area contributed by atoms with Gasteiger partial charge in [-0.05, 0) is 64.3 Å². The average molecular weight is 650 g/mol. The number of ether oxygens (including phenoxy) is 1. The van der Waals surface area contributed by atoms with Gasteiger partial charge in [-0.25, -0.2) is 13.1 Å². The predicted molar refractivity (Wildman–Crippen MR) is 160 cm³/mol. The highest BCUT2D eigenvalue weighted by Gasteiger charge is 2.51. The van der Waals surface area contributed by atoms with E-state index in [0.717, 1.165) is 12.1 Å². The second-order valence-electron chi connectivity index (χ2n) is 12.7. The molecule has 0 spiro atoms. The number of nitrogens with zero attached hydrogens (tertiary/aromatic N) is 6. The number of carbonyl (C=O) groups is 1. The number of hydrogen-bond acceptors (Lipinski definition) is 9. The molecular weight excluding hydrogens is 611 g/mol. The number of benzene rings is 1. The van der Waals surface area contributed by atoms with Crippen LogP contribution in [0.1, 0.15) is 49.4 Å². The predicted octanol–water partition coefficient (Wildman–Crippen LogP) is 2.91. The average Bonchev–Trinajstić information content (AvgIpc) is 3.45. The van der Waals surface area contributed by atoms with E-state index in [-0.39, 0.29) is 19.0 Å². The summed E-state index contributed by atoms with van der Waals surface area (Å²) >= 11 is 0. The lowest BCUT2D eigenvalue weighted by Crippen LogP contribution is -2.48. The Labute approximate surface area is 260 Å². The second-order valence-corrected chi connectivity index (χ2v) is 14.9. The number of nitrogens with one attached hydrogen (secondary N) is 1. The number of sulfone groups is 1. The molecule has 0 bridgehead atoms. The van der Waals surface area contributed by atoms with Crippen molar-refractivity contribution in [1.29, 1.82) is 5.26 Å². The van der Waals surface area contributed by atoms with Crippen LogP contribution in [0, 0.1) is 18.3 Å². The van der Waals surface area contributed by atoms with Gasteiger partial charge in [0.2, 0.25) is 5.91 Å². The van der Waals surface area contributed by atoms with Gasteiger partial charge < -0.3 is 24.8 Å². The summed E-state index contributed by atoms with van der Waals surface area (Å²) in [6.07, 6.45) is -2.83. The zero-order chi connectivity index (χ0) is 32.1. The normalized spacial score (nSPS) is 24.4. The molecule has 0 radical (unpaired) electrons. The Hall–Kier alpha value is -3.35. The van der Waals surface area contributed by atoms with E-state index in [4.69, 9.17) is 4.74 Å². The molecule has 45 heavy (non-hydrogen) atoms. The van der Waals surface area contributed by atoms with Gasteiger partial charge in [0.05, 0.1) is 33.5 Å². The number of anilines is 2. The zero-order valence-electron chi connectivity index (χ0n) is 25.4. The fourth-order valence-electron chi connectivity index (χ4n) is 6.58. The largest absolute Gasteiger partial charge is 0.417 e. The first kappa shape index (κ1) is 31.6. The molecular formula is C30H38F3N7O4S. The van der Waals surface area contributed by atoms with Gasteiger partial charge in [0.15, 0.2) is 9.84 Å². The highest BCUT2D eigenvalue weighted by Crippen LogP contribution is 2.42. The van der Waals surface area contributed by atoms with Crippen molar-refractivity contribution in [2.75, 3.05) is 62.8 Å². The summed E-state index contributed by atoms with van der Waals surface area (Å²) in [5.74, 6) is 0.00565. The smallest absolute Gasteiger partial charge is 0.381 e. The SMILES string of the molecule is Cc1cc(N2C[C@H](S(=O)(=O)c3ccc(N4CCN(C)CC4)cc3C(F)(F)F)C[C@H]2C(=O)NC2(C#N)CC2)n(C2CCOCC2)n1. The number of alkyl halides is 3. The van der Waals surface area contributed by atoms with E-state index in [0.29, 0.717) is 82.3 Å². The number of aromatic nitrogens is 2. The molecule has 244 valence electrons. The minimum atomic E-state index is -4.91. The Balaban J connectivity index is 1.36. The Morgan fingerprint density at radius 3 is 2.44 bits per heavy atom. The Morgan fingerprint density at radius 1 is 1.13 bits per heavy atom. The second kappa shape index (κ2) is 11.8. The van der Waals surface area contributed by atoms with Crippen LogP contribution in [0.25, 0.3) is 0 Å².